The van der Waals surface area contributed by atoms with E-state index in [0.29, 0.717) is 18.7 Å². The van der Waals surface area contributed by atoms with Crippen LogP contribution in [0.2, 0.25) is 0 Å². The Morgan fingerprint density at radius 2 is 1.25 bits per heavy atom. The minimum atomic E-state index is -3.13. The molecule has 0 aliphatic rings. The minimum absolute atomic E-state index is 0.160. The van der Waals surface area contributed by atoms with Crippen LogP contribution in [0.5, 0.6) is 5.75 Å². The van der Waals surface area contributed by atoms with E-state index in [1.807, 2.05) is 19.3 Å². The minimum Gasteiger partial charge on any atom is -0.433 e. The van der Waals surface area contributed by atoms with Gasteiger partial charge < -0.3 is 4.74 Å². The summed E-state index contributed by atoms with van der Waals surface area (Å²) in [7, 11) is 0. The normalized spacial score (nSPS) is 11.6. The molecule has 2 aromatic rings. The average Bonchev–Trinajstić information content (AvgIpc) is 2.80. The van der Waals surface area contributed by atoms with Crippen molar-refractivity contribution in [3.05, 3.63) is 42.2 Å². The van der Waals surface area contributed by atoms with Crippen LogP contribution in [0.3, 0.4) is 0 Å². The fraction of sp³-hybridized carbons (Fsp3) is 0.630. The second kappa shape index (κ2) is 14.9. The first kappa shape index (κ1) is 26.2. The molecular weight excluding hydrogens is 406 g/mol. The van der Waals surface area contributed by atoms with Gasteiger partial charge in [-0.1, -0.05) is 78.1 Å². The van der Waals surface area contributed by atoms with Gasteiger partial charge in [-0.2, -0.15) is 8.78 Å². The van der Waals surface area contributed by atoms with Gasteiger partial charge in [0.25, 0.3) is 0 Å². The first-order valence-corrected chi connectivity index (χ1v) is 12.5. The van der Waals surface area contributed by atoms with Crippen molar-refractivity contribution in [1.82, 2.24) is 9.97 Å². The van der Waals surface area contributed by atoms with Crippen molar-refractivity contribution in [2.45, 2.75) is 110 Å². The van der Waals surface area contributed by atoms with Crippen LogP contribution in [-0.2, 0) is 6.42 Å². The predicted molar refractivity (Wildman–Crippen MR) is 128 cm³/mol. The molecule has 178 valence electrons. The van der Waals surface area contributed by atoms with Crippen LogP contribution in [0.15, 0.2) is 36.7 Å². The van der Waals surface area contributed by atoms with E-state index < -0.39 is 6.11 Å². The summed E-state index contributed by atoms with van der Waals surface area (Å²) in [5.74, 6) is 0.758. The van der Waals surface area contributed by atoms with Gasteiger partial charge in [0.15, 0.2) is 5.82 Å². The highest BCUT2D eigenvalue weighted by molar-refractivity contribution is 5.55. The number of halogens is 2. The van der Waals surface area contributed by atoms with Crippen molar-refractivity contribution in [1.29, 1.82) is 0 Å². The number of rotatable bonds is 17. The smallest absolute Gasteiger partial charge is 0.397 e. The molecule has 2 rings (SSSR count). The Morgan fingerprint density at radius 3 is 1.81 bits per heavy atom. The second-order valence-corrected chi connectivity index (χ2v) is 8.71. The summed E-state index contributed by atoms with van der Waals surface area (Å²) < 4.78 is 32.4. The van der Waals surface area contributed by atoms with Gasteiger partial charge in [-0.25, -0.2) is 9.97 Å². The number of aromatic nitrogens is 2. The van der Waals surface area contributed by atoms with E-state index in [4.69, 9.17) is 4.74 Å². The molecule has 0 spiro atoms. The molecule has 0 unspecified atom stereocenters. The molecule has 5 heteroatoms. The quantitative estimate of drug-likeness (QED) is 0.228. The van der Waals surface area contributed by atoms with Crippen molar-refractivity contribution in [3.8, 4) is 17.1 Å². The highest BCUT2D eigenvalue weighted by Gasteiger charge is 2.30. The first-order chi connectivity index (χ1) is 15.5. The molecule has 1 aromatic heterocycles. The lowest BCUT2D eigenvalue weighted by Crippen LogP contribution is -2.24. The van der Waals surface area contributed by atoms with E-state index in [9.17, 15) is 8.78 Å². The van der Waals surface area contributed by atoms with Gasteiger partial charge in [0.05, 0.1) is 6.42 Å². The highest BCUT2D eigenvalue weighted by Crippen LogP contribution is 2.28. The number of hydrogen-bond acceptors (Lipinski definition) is 3. The van der Waals surface area contributed by atoms with Crippen LogP contribution in [0, 0.1) is 0 Å². The summed E-state index contributed by atoms with van der Waals surface area (Å²) in [6.07, 6.45) is 15.8. The third-order valence-electron chi connectivity index (χ3n) is 5.73. The summed E-state index contributed by atoms with van der Waals surface area (Å²) in [6.45, 7) is 4.14. The van der Waals surface area contributed by atoms with Crippen LogP contribution in [0.4, 0.5) is 8.78 Å². The van der Waals surface area contributed by atoms with E-state index in [1.54, 1.807) is 24.3 Å². The standard InChI is InChI=1S/C27H40F2N2O/c1-3-5-7-8-9-10-11-12-13-14-15-23-21-30-26(31-22-23)24-16-18-25(19-17-24)32-27(28,29)20-6-4-2/h16-19,21-22H,3-15,20H2,1-2H3. The molecule has 0 saturated heterocycles. The molecule has 0 aliphatic heterocycles. The molecule has 0 fully saturated rings. The SMILES string of the molecule is CCCCCCCCCCCCc1cnc(-c2ccc(OC(F)(F)CCCC)cc2)nc1. The molecule has 1 heterocycles. The molecule has 0 N–H and O–H groups in total. The van der Waals surface area contributed by atoms with Crippen LogP contribution in [0.25, 0.3) is 11.4 Å². The van der Waals surface area contributed by atoms with Gasteiger partial charge in [-0.15, -0.1) is 0 Å². The Kier molecular flexibility index (Phi) is 12.2. The molecule has 0 bridgehead atoms. The summed E-state index contributed by atoms with van der Waals surface area (Å²) in [4.78, 5) is 8.91. The fourth-order valence-corrected chi connectivity index (χ4v) is 3.73. The van der Waals surface area contributed by atoms with Crippen LogP contribution >= 0.6 is 0 Å². The fourth-order valence-electron chi connectivity index (χ4n) is 3.73. The lowest BCUT2D eigenvalue weighted by Gasteiger charge is -2.17. The maximum atomic E-state index is 13.8. The van der Waals surface area contributed by atoms with Crippen molar-refractivity contribution >= 4 is 0 Å². The van der Waals surface area contributed by atoms with Crippen molar-refractivity contribution in [3.63, 3.8) is 0 Å². The summed E-state index contributed by atoms with van der Waals surface area (Å²) in [6, 6.07) is 6.55. The zero-order valence-corrected chi connectivity index (χ0v) is 19.9. The number of alkyl halides is 2. The van der Waals surface area contributed by atoms with Crippen molar-refractivity contribution < 1.29 is 13.5 Å². The van der Waals surface area contributed by atoms with Gasteiger partial charge in [0.2, 0.25) is 0 Å². The number of benzene rings is 1. The van der Waals surface area contributed by atoms with Crippen LogP contribution < -0.4 is 4.74 Å². The maximum absolute atomic E-state index is 13.8. The highest BCUT2D eigenvalue weighted by atomic mass is 19.3. The topological polar surface area (TPSA) is 35.0 Å². The maximum Gasteiger partial charge on any atom is 0.397 e. The Bertz CT molecular complexity index is 732. The van der Waals surface area contributed by atoms with Gasteiger partial charge in [-0.3, -0.25) is 0 Å². The molecule has 1 aromatic carbocycles. The lowest BCUT2D eigenvalue weighted by molar-refractivity contribution is -0.181. The van der Waals surface area contributed by atoms with E-state index in [2.05, 4.69) is 16.9 Å². The largest absolute Gasteiger partial charge is 0.433 e. The number of aryl methyl sites for hydroxylation is 1. The molecule has 0 radical (unpaired) electrons. The number of ether oxygens (including phenoxy) is 1. The number of nitrogens with zero attached hydrogens (tertiary/aromatic N) is 2. The van der Waals surface area contributed by atoms with Gasteiger partial charge in [0, 0.05) is 18.0 Å². The third kappa shape index (κ3) is 10.5. The Labute approximate surface area is 193 Å². The summed E-state index contributed by atoms with van der Waals surface area (Å²) >= 11 is 0. The van der Waals surface area contributed by atoms with Gasteiger partial charge in [0.1, 0.15) is 5.75 Å². The first-order valence-electron chi connectivity index (χ1n) is 12.5. The van der Waals surface area contributed by atoms with Gasteiger partial charge in [-0.05, 0) is 49.1 Å². The summed E-state index contributed by atoms with van der Waals surface area (Å²) in [5, 5.41) is 0. The molecule has 0 atom stereocenters. The van der Waals surface area contributed by atoms with Crippen LogP contribution in [0.1, 0.15) is 103 Å². The zero-order valence-electron chi connectivity index (χ0n) is 19.9. The summed E-state index contributed by atoms with van der Waals surface area (Å²) in [5.41, 5.74) is 1.93. The molecular formula is C27H40F2N2O. The Balaban J connectivity index is 1.69. The third-order valence-corrected chi connectivity index (χ3v) is 5.73. The Hall–Kier alpha value is -2.04. The number of unbranched alkanes of at least 4 members (excludes halogenated alkanes) is 10. The molecule has 0 aliphatic carbocycles. The van der Waals surface area contributed by atoms with E-state index in [1.165, 1.54) is 57.8 Å². The van der Waals surface area contributed by atoms with Crippen molar-refractivity contribution in [2.75, 3.05) is 0 Å². The van der Waals surface area contributed by atoms with E-state index >= 15 is 0 Å². The van der Waals surface area contributed by atoms with Gasteiger partial charge >= 0.3 is 6.11 Å². The zero-order chi connectivity index (χ0) is 23.1. The molecule has 0 saturated carbocycles. The van der Waals surface area contributed by atoms with E-state index in [0.717, 1.165) is 24.0 Å². The average molecular weight is 447 g/mol. The molecule has 0 amide bonds. The van der Waals surface area contributed by atoms with E-state index in [-0.39, 0.29) is 12.2 Å². The number of hydrogen-bond donors (Lipinski definition) is 0. The monoisotopic (exact) mass is 446 g/mol. The van der Waals surface area contributed by atoms with Crippen LogP contribution in [-0.4, -0.2) is 16.1 Å². The molecule has 3 nitrogen and oxygen atoms in total. The predicted octanol–water partition coefficient (Wildman–Crippen LogP) is 8.77. The lowest BCUT2D eigenvalue weighted by atomic mass is 10.0. The Morgan fingerprint density at radius 1 is 0.719 bits per heavy atom. The molecule has 32 heavy (non-hydrogen) atoms. The second-order valence-electron chi connectivity index (χ2n) is 8.71. The van der Waals surface area contributed by atoms with Crippen molar-refractivity contribution in [2.24, 2.45) is 0 Å².